The summed E-state index contributed by atoms with van der Waals surface area (Å²) in [7, 11) is 1.31. The molecule has 0 aliphatic heterocycles. The van der Waals surface area contributed by atoms with Crippen LogP contribution in [0.3, 0.4) is 0 Å². The van der Waals surface area contributed by atoms with Crippen molar-refractivity contribution in [2.75, 3.05) is 7.11 Å². The monoisotopic (exact) mass is 329 g/mol. The van der Waals surface area contributed by atoms with Crippen LogP contribution in [0.4, 0.5) is 0 Å². The van der Waals surface area contributed by atoms with Crippen molar-refractivity contribution in [1.82, 2.24) is 5.16 Å². The average Bonchev–Trinajstić information content (AvgIpc) is 2.70. The number of rotatable bonds is 2. The molecule has 0 radical (unpaired) electrons. The first-order valence-corrected chi connectivity index (χ1v) is 6.22. The smallest absolute Gasteiger partial charge is 0.343 e. The van der Waals surface area contributed by atoms with Gasteiger partial charge in [0.25, 0.3) is 0 Å². The maximum atomic E-state index is 11.7. The molecule has 0 atom stereocenters. The minimum Gasteiger partial charge on any atom is -0.465 e. The molecule has 1 heterocycles. The van der Waals surface area contributed by atoms with Gasteiger partial charge in [-0.05, 0) is 19.1 Å². The number of benzene rings is 1. The third-order valence-corrected chi connectivity index (χ3v) is 3.43. The Labute approximate surface area is 117 Å². The molecule has 0 unspecified atom stereocenters. The molecule has 0 fully saturated rings. The van der Waals surface area contributed by atoms with E-state index in [0.29, 0.717) is 22.0 Å². The first kappa shape index (κ1) is 13.1. The van der Waals surface area contributed by atoms with Crippen LogP contribution >= 0.6 is 27.5 Å². The summed E-state index contributed by atoms with van der Waals surface area (Å²) < 4.78 is 10.5. The highest BCUT2D eigenvalue weighted by atomic mass is 79.9. The lowest BCUT2D eigenvalue weighted by molar-refractivity contribution is 0.0599. The van der Waals surface area contributed by atoms with E-state index in [-0.39, 0.29) is 5.56 Å². The molecule has 0 aliphatic carbocycles. The second kappa shape index (κ2) is 5.12. The Morgan fingerprint density at radius 2 is 2.22 bits per heavy atom. The molecule has 0 spiro atoms. The van der Waals surface area contributed by atoms with Crippen LogP contribution in [0.2, 0.25) is 5.02 Å². The predicted octanol–water partition coefficient (Wildman–Crippen LogP) is 3.85. The molecule has 0 saturated heterocycles. The third kappa shape index (κ3) is 2.15. The van der Waals surface area contributed by atoms with Crippen molar-refractivity contribution in [2.45, 2.75) is 6.92 Å². The Hall–Kier alpha value is -1.33. The zero-order chi connectivity index (χ0) is 13.3. The molecule has 0 saturated carbocycles. The molecule has 94 valence electrons. The van der Waals surface area contributed by atoms with E-state index in [9.17, 15) is 4.79 Å². The highest BCUT2D eigenvalue weighted by Crippen LogP contribution is 2.36. The molecule has 0 N–H and O–H groups in total. The number of methoxy groups -OCH3 is 1. The summed E-state index contributed by atoms with van der Waals surface area (Å²) in [4.78, 5) is 11.7. The molecule has 0 aliphatic rings. The fraction of sp³-hybridized carbons (Fsp3) is 0.167. The summed E-state index contributed by atoms with van der Waals surface area (Å²) in [5.41, 5.74) is 1.26. The minimum absolute atomic E-state index is 0.284. The van der Waals surface area contributed by atoms with Gasteiger partial charge in [-0.2, -0.15) is 0 Å². The Morgan fingerprint density at radius 1 is 1.50 bits per heavy atom. The number of nitrogens with zero attached hydrogens (tertiary/aromatic N) is 1. The van der Waals surface area contributed by atoms with Gasteiger partial charge >= 0.3 is 5.97 Å². The van der Waals surface area contributed by atoms with E-state index >= 15 is 0 Å². The summed E-state index contributed by atoms with van der Waals surface area (Å²) in [6.07, 6.45) is 0. The van der Waals surface area contributed by atoms with Crippen molar-refractivity contribution in [2.24, 2.45) is 0 Å². The number of halogens is 2. The maximum Gasteiger partial charge on any atom is 0.343 e. The lowest BCUT2D eigenvalue weighted by atomic mass is 10.1. The number of ether oxygens (including phenoxy) is 1. The van der Waals surface area contributed by atoms with Crippen molar-refractivity contribution in [1.29, 1.82) is 0 Å². The highest BCUT2D eigenvalue weighted by Gasteiger charge is 2.24. The van der Waals surface area contributed by atoms with Crippen LogP contribution in [0.15, 0.2) is 27.2 Å². The highest BCUT2D eigenvalue weighted by molar-refractivity contribution is 9.10. The first-order chi connectivity index (χ1) is 8.56. The fourth-order valence-corrected chi connectivity index (χ4v) is 2.54. The molecule has 0 bridgehead atoms. The third-order valence-electron chi connectivity index (χ3n) is 2.45. The second-order valence-electron chi connectivity index (χ2n) is 3.55. The van der Waals surface area contributed by atoms with Crippen molar-refractivity contribution < 1.29 is 14.1 Å². The molecule has 2 aromatic rings. The predicted molar refractivity (Wildman–Crippen MR) is 70.7 cm³/mol. The van der Waals surface area contributed by atoms with Crippen LogP contribution in [0, 0.1) is 6.92 Å². The largest absolute Gasteiger partial charge is 0.465 e. The van der Waals surface area contributed by atoms with Gasteiger partial charge in [0.2, 0.25) is 0 Å². The topological polar surface area (TPSA) is 52.3 Å². The number of aromatic nitrogens is 1. The normalized spacial score (nSPS) is 10.4. The lowest BCUT2D eigenvalue weighted by Crippen LogP contribution is -2.04. The van der Waals surface area contributed by atoms with Gasteiger partial charge in [0.15, 0.2) is 0 Å². The standard InChI is InChI=1S/C12H9BrClNO3/c1-6-9(12(16)17-2)11(15-18-6)10-7(13)4-3-5-8(10)14/h3-5H,1-2H3. The van der Waals surface area contributed by atoms with Gasteiger partial charge in [0.05, 0.1) is 12.1 Å². The quantitative estimate of drug-likeness (QED) is 0.785. The molecule has 1 aromatic carbocycles. The van der Waals surface area contributed by atoms with E-state index in [1.165, 1.54) is 7.11 Å². The van der Waals surface area contributed by atoms with Gasteiger partial charge in [0.1, 0.15) is 17.0 Å². The van der Waals surface area contributed by atoms with Gasteiger partial charge in [-0.3, -0.25) is 0 Å². The first-order valence-electron chi connectivity index (χ1n) is 5.05. The Morgan fingerprint density at radius 3 is 2.83 bits per heavy atom. The second-order valence-corrected chi connectivity index (χ2v) is 4.81. The van der Waals surface area contributed by atoms with E-state index in [0.717, 1.165) is 4.47 Å². The van der Waals surface area contributed by atoms with Crippen LogP contribution < -0.4 is 0 Å². The Kier molecular flexibility index (Phi) is 3.73. The molecule has 6 heteroatoms. The van der Waals surface area contributed by atoms with E-state index in [1.54, 1.807) is 19.1 Å². The Bertz CT molecular complexity index is 589. The van der Waals surface area contributed by atoms with Crippen molar-refractivity contribution in [3.63, 3.8) is 0 Å². The van der Waals surface area contributed by atoms with Gasteiger partial charge in [-0.1, -0.05) is 38.8 Å². The number of hydrogen-bond donors (Lipinski definition) is 0. The van der Waals surface area contributed by atoms with E-state index in [4.69, 9.17) is 20.9 Å². The number of aryl methyl sites for hydroxylation is 1. The van der Waals surface area contributed by atoms with E-state index in [1.807, 2.05) is 6.07 Å². The van der Waals surface area contributed by atoms with Crippen LogP contribution in [0.25, 0.3) is 11.3 Å². The van der Waals surface area contributed by atoms with Gasteiger partial charge in [-0.15, -0.1) is 0 Å². The number of carbonyl (C=O) groups excluding carboxylic acids is 1. The molecule has 0 amide bonds. The summed E-state index contributed by atoms with van der Waals surface area (Å²) in [6, 6.07) is 5.32. The molecular weight excluding hydrogens is 321 g/mol. The van der Waals surface area contributed by atoms with Crippen molar-refractivity contribution in [3.8, 4) is 11.3 Å². The SMILES string of the molecule is COC(=O)c1c(-c2c(Cl)cccc2Br)noc1C. The molecule has 1 aromatic heterocycles. The zero-order valence-electron chi connectivity index (χ0n) is 9.66. The van der Waals surface area contributed by atoms with Crippen molar-refractivity contribution >= 4 is 33.5 Å². The van der Waals surface area contributed by atoms with Crippen LogP contribution in [0.5, 0.6) is 0 Å². The van der Waals surface area contributed by atoms with E-state index < -0.39 is 5.97 Å². The summed E-state index contributed by atoms with van der Waals surface area (Å²) >= 11 is 9.51. The van der Waals surface area contributed by atoms with Gasteiger partial charge in [0, 0.05) is 10.0 Å². The number of carbonyl (C=O) groups is 1. The lowest BCUT2D eigenvalue weighted by Gasteiger charge is -2.05. The number of esters is 1. The zero-order valence-corrected chi connectivity index (χ0v) is 12.0. The molecular formula is C12H9BrClNO3. The average molecular weight is 331 g/mol. The fourth-order valence-electron chi connectivity index (χ4n) is 1.61. The van der Waals surface area contributed by atoms with Crippen molar-refractivity contribution in [3.05, 3.63) is 39.0 Å². The molecule has 2 rings (SSSR count). The number of hydrogen-bond acceptors (Lipinski definition) is 4. The molecule has 4 nitrogen and oxygen atoms in total. The molecule has 18 heavy (non-hydrogen) atoms. The van der Waals surface area contributed by atoms with Crippen LogP contribution in [-0.4, -0.2) is 18.2 Å². The Balaban J connectivity index is 2.69. The van der Waals surface area contributed by atoms with Crippen LogP contribution in [0.1, 0.15) is 16.1 Å². The van der Waals surface area contributed by atoms with Crippen LogP contribution in [-0.2, 0) is 4.74 Å². The minimum atomic E-state index is -0.504. The van der Waals surface area contributed by atoms with E-state index in [2.05, 4.69) is 21.1 Å². The van der Waals surface area contributed by atoms with Gasteiger partial charge < -0.3 is 9.26 Å². The summed E-state index contributed by atoms with van der Waals surface area (Å²) in [5.74, 6) is -0.112. The summed E-state index contributed by atoms with van der Waals surface area (Å²) in [5, 5.41) is 4.36. The van der Waals surface area contributed by atoms with Gasteiger partial charge in [-0.25, -0.2) is 4.79 Å². The summed E-state index contributed by atoms with van der Waals surface area (Å²) in [6.45, 7) is 1.65. The maximum absolute atomic E-state index is 11.7.